The molecule has 0 aromatic heterocycles. The van der Waals surface area contributed by atoms with Gasteiger partial charge in [0.1, 0.15) is 0 Å². The van der Waals surface area contributed by atoms with Crippen molar-refractivity contribution in [1.82, 2.24) is 9.80 Å². The number of carbonyl (C=O) groups is 2. The van der Waals surface area contributed by atoms with E-state index in [9.17, 15) is 9.59 Å². The standard InChI is InChI=1S/C15H27N3O2/c1-10(2)14(16)15(20)17-7-6-12(8-17)9-18(11(3)19)13-4-5-13/h10,12-14H,4-9,16H2,1-3H3/t12-,14-/m0/s1. The predicted octanol–water partition coefficient (Wildman–Crippen LogP) is 0.829. The van der Waals surface area contributed by atoms with E-state index in [4.69, 9.17) is 5.73 Å². The molecule has 5 nitrogen and oxygen atoms in total. The number of rotatable bonds is 5. The highest BCUT2D eigenvalue weighted by Crippen LogP contribution is 2.29. The van der Waals surface area contributed by atoms with Crippen LogP contribution in [0.3, 0.4) is 0 Å². The molecule has 2 atom stereocenters. The van der Waals surface area contributed by atoms with Gasteiger partial charge in [0.2, 0.25) is 11.8 Å². The maximum atomic E-state index is 12.2. The highest BCUT2D eigenvalue weighted by atomic mass is 16.2. The van der Waals surface area contributed by atoms with Gasteiger partial charge in [-0.05, 0) is 31.1 Å². The Bertz CT molecular complexity index is 379. The van der Waals surface area contributed by atoms with Crippen molar-refractivity contribution in [2.75, 3.05) is 19.6 Å². The average molecular weight is 281 g/mol. The molecule has 1 aliphatic heterocycles. The lowest BCUT2D eigenvalue weighted by atomic mass is 10.0. The first-order chi connectivity index (χ1) is 9.40. The van der Waals surface area contributed by atoms with Crippen LogP contribution in [0.15, 0.2) is 0 Å². The minimum absolute atomic E-state index is 0.0586. The van der Waals surface area contributed by atoms with E-state index >= 15 is 0 Å². The second-order valence-electron chi connectivity index (χ2n) is 6.61. The molecule has 0 radical (unpaired) electrons. The largest absolute Gasteiger partial charge is 0.341 e. The molecule has 5 heteroatoms. The zero-order valence-electron chi connectivity index (χ0n) is 12.8. The second kappa shape index (κ2) is 6.12. The fourth-order valence-electron chi connectivity index (χ4n) is 2.88. The normalized spacial score (nSPS) is 24.1. The third-order valence-electron chi connectivity index (χ3n) is 4.45. The molecule has 1 heterocycles. The molecule has 0 bridgehead atoms. The van der Waals surface area contributed by atoms with Crippen molar-refractivity contribution < 1.29 is 9.59 Å². The van der Waals surface area contributed by atoms with E-state index in [1.54, 1.807) is 6.92 Å². The van der Waals surface area contributed by atoms with E-state index in [1.165, 1.54) is 0 Å². The Labute approximate surface area is 121 Å². The van der Waals surface area contributed by atoms with Crippen LogP contribution in [0.25, 0.3) is 0 Å². The topological polar surface area (TPSA) is 66.6 Å². The number of amides is 2. The lowest BCUT2D eigenvalue weighted by Crippen LogP contribution is -2.46. The lowest BCUT2D eigenvalue weighted by molar-refractivity contribution is -0.132. The minimum Gasteiger partial charge on any atom is -0.341 e. The zero-order chi connectivity index (χ0) is 14.9. The quantitative estimate of drug-likeness (QED) is 0.811. The van der Waals surface area contributed by atoms with Gasteiger partial charge in [0.25, 0.3) is 0 Å². The summed E-state index contributed by atoms with van der Waals surface area (Å²) in [4.78, 5) is 27.7. The van der Waals surface area contributed by atoms with Crippen LogP contribution in [0.2, 0.25) is 0 Å². The Hall–Kier alpha value is -1.10. The van der Waals surface area contributed by atoms with Gasteiger partial charge in [-0.1, -0.05) is 13.8 Å². The third-order valence-corrected chi connectivity index (χ3v) is 4.45. The molecule has 0 spiro atoms. The maximum absolute atomic E-state index is 12.2. The molecule has 1 saturated carbocycles. The number of likely N-dealkylation sites (tertiary alicyclic amines) is 1. The molecule has 1 saturated heterocycles. The van der Waals surface area contributed by atoms with Gasteiger partial charge in [-0.25, -0.2) is 0 Å². The Morgan fingerprint density at radius 3 is 2.45 bits per heavy atom. The summed E-state index contributed by atoms with van der Waals surface area (Å²) in [5.41, 5.74) is 5.94. The van der Waals surface area contributed by atoms with E-state index in [-0.39, 0.29) is 17.7 Å². The van der Waals surface area contributed by atoms with Crippen molar-refractivity contribution >= 4 is 11.8 Å². The van der Waals surface area contributed by atoms with Crippen LogP contribution in [-0.4, -0.2) is 53.3 Å². The molecule has 0 aromatic rings. The number of nitrogens with two attached hydrogens (primary N) is 1. The molecule has 0 aromatic carbocycles. The van der Waals surface area contributed by atoms with Crippen molar-refractivity contribution in [3.63, 3.8) is 0 Å². The van der Waals surface area contributed by atoms with Crippen molar-refractivity contribution in [3.05, 3.63) is 0 Å². The first-order valence-corrected chi connectivity index (χ1v) is 7.71. The van der Waals surface area contributed by atoms with Gasteiger partial charge in [0.15, 0.2) is 0 Å². The van der Waals surface area contributed by atoms with Crippen LogP contribution in [0.4, 0.5) is 0 Å². The number of nitrogens with zero attached hydrogens (tertiary/aromatic N) is 2. The van der Waals surface area contributed by atoms with Crippen LogP contribution in [0, 0.1) is 11.8 Å². The molecule has 1 aliphatic carbocycles. The predicted molar refractivity (Wildman–Crippen MR) is 77.9 cm³/mol. The van der Waals surface area contributed by atoms with E-state index in [0.29, 0.717) is 12.0 Å². The van der Waals surface area contributed by atoms with Gasteiger partial charge in [-0.3, -0.25) is 9.59 Å². The Morgan fingerprint density at radius 2 is 1.95 bits per heavy atom. The summed E-state index contributed by atoms with van der Waals surface area (Å²) in [6, 6.07) is 0.0521. The van der Waals surface area contributed by atoms with E-state index in [2.05, 4.69) is 0 Å². The summed E-state index contributed by atoms with van der Waals surface area (Å²) in [6.45, 7) is 7.91. The number of carbonyl (C=O) groups excluding carboxylic acids is 2. The number of hydrogen-bond acceptors (Lipinski definition) is 3. The van der Waals surface area contributed by atoms with E-state index < -0.39 is 6.04 Å². The van der Waals surface area contributed by atoms with Crippen molar-refractivity contribution in [3.8, 4) is 0 Å². The highest BCUT2D eigenvalue weighted by molar-refractivity contribution is 5.82. The highest BCUT2D eigenvalue weighted by Gasteiger charge is 2.36. The van der Waals surface area contributed by atoms with E-state index in [0.717, 1.165) is 38.9 Å². The molecule has 114 valence electrons. The van der Waals surface area contributed by atoms with Crippen LogP contribution in [0.5, 0.6) is 0 Å². The van der Waals surface area contributed by atoms with E-state index in [1.807, 2.05) is 23.6 Å². The monoisotopic (exact) mass is 281 g/mol. The van der Waals surface area contributed by atoms with Gasteiger partial charge in [-0.2, -0.15) is 0 Å². The van der Waals surface area contributed by atoms with Crippen LogP contribution in [0.1, 0.15) is 40.0 Å². The summed E-state index contributed by atoms with van der Waals surface area (Å²) < 4.78 is 0. The van der Waals surface area contributed by atoms with Crippen LogP contribution < -0.4 is 5.73 Å². The molecule has 2 aliphatic rings. The van der Waals surface area contributed by atoms with Gasteiger partial charge in [0.05, 0.1) is 6.04 Å². The Balaban J connectivity index is 1.85. The fourth-order valence-corrected chi connectivity index (χ4v) is 2.88. The van der Waals surface area contributed by atoms with Gasteiger partial charge >= 0.3 is 0 Å². The Morgan fingerprint density at radius 1 is 1.30 bits per heavy atom. The summed E-state index contributed by atoms with van der Waals surface area (Å²) in [5.74, 6) is 0.795. The van der Waals surface area contributed by atoms with Gasteiger partial charge < -0.3 is 15.5 Å². The number of hydrogen-bond donors (Lipinski definition) is 1. The molecule has 20 heavy (non-hydrogen) atoms. The van der Waals surface area contributed by atoms with Crippen molar-refractivity contribution in [1.29, 1.82) is 0 Å². The molecular formula is C15H27N3O2. The summed E-state index contributed by atoms with van der Waals surface area (Å²) in [5, 5.41) is 0. The third kappa shape index (κ3) is 3.51. The average Bonchev–Trinajstić information content (AvgIpc) is 3.12. The molecule has 2 N–H and O–H groups in total. The Kier molecular flexibility index (Phi) is 4.68. The minimum atomic E-state index is -0.402. The smallest absolute Gasteiger partial charge is 0.239 e. The second-order valence-corrected chi connectivity index (χ2v) is 6.61. The molecule has 2 fully saturated rings. The molecule has 2 amide bonds. The fraction of sp³-hybridized carbons (Fsp3) is 0.867. The molecular weight excluding hydrogens is 254 g/mol. The summed E-state index contributed by atoms with van der Waals surface area (Å²) in [6.07, 6.45) is 3.24. The van der Waals surface area contributed by atoms with Crippen LogP contribution >= 0.6 is 0 Å². The summed E-state index contributed by atoms with van der Waals surface area (Å²) >= 11 is 0. The molecule has 0 unspecified atom stereocenters. The van der Waals surface area contributed by atoms with Crippen molar-refractivity contribution in [2.45, 2.75) is 52.1 Å². The SMILES string of the molecule is CC(=O)N(C[C@H]1CCN(C(=O)[C@@H](N)C(C)C)C1)C1CC1. The molecule has 2 rings (SSSR count). The first kappa shape index (κ1) is 15.3. The zero-order valence-corrected chi connectivity index (χ0v) is 12.8. The lowest BCUT2D eigenvalue weighted by Gasteiger charge is -2.26. The maximum Gasteiger partial charge on any atom is 0.239 e. The van der Waals surface area contributed by atoms with Crippen LogP contribution in [-0.2, 0) is 9.59 Å². The van der Waals surface area contributed by atoms with Gasteiger partial charge in [0, 0.05) is 32.6 Å². The summed E-state index contributed by atoms with van der Waals surface area (Å²) in [7, 11) is 0. The van der Waals surface area contributed by atoms with Crippen molar-refractivity contribution in [2.24, 2.45) is 17.6 Å². The van der Waals surface area contributed by atoms with Gasteiger partial charge in [-0.15, -0.1) is 0 Å². The first-order valence-electron chi connectivity index (χ1n) is 7.71.